The molecule has 1 heterocycles. The minimum atomic E-state index is -0.645. The summed E-state index contributed by atoms with van der Waals surface area (Å²) in [6, 6.07) is 14.5. The summed E-state index contributed by atoms with van der Waals surface area (Å²) in [7, 11) is 1.61. The Morgan fingerprint density at radius 2 is 1.87 bits per heavy atom. The maximum atomic E-state index is 12.9. The molecule has 0 aliphatic heterocycles. The number of aryl methyl sites for hydroxylation is 1. The number of carbonyl (C=O) groups is 2. The fraction of sp³-hybridized carbons (Fsp3) is 0.348. The molecule has 0 fully saturated rings. The van der Waals surface area contributed by atoms with Gasteiger partial charge < -0.3 is 15.0 Å². The zero-order chi connectivity index (χ0) is 21.5. The van der Waals surface area contributed by atoms with Crippen molar-refractivity contribution in [1.29, 1.82) is 0 Å². The minimum absolute atomic E-state index is 0.0235. The average molecular weight is 409 g/mol. The Morgan fingerprint density at radius 3 is 2.60 bits per heavy atom. The summed E-state index contributed by atoms with van der Waals surface area (Å²) >= 11 is 0. The van der Waals surface area contributed by atoms with E-state index in [0.29, 0.717) is 12.4 Å². The van der Waals surface area contributed by atoms with Gasteiger partial charge in [-0.05, 0) is 36.1 Å². The molecule has 7 nitrogen and oxygen atoms in total. The third kappa shape index (κ3) is 5.17. The number of fused-ring (bicyclic) bond motifs is 1. The Hall–Kier alpha value is -3.35. The number of aromatic amines is 1. The number of anilines is 1. The molecule has 2 amide bonds. The molecular weight excluding hydrogens is 380 g/mol. The molecule has 158 valence electrons. The number of hydrogen-bond acceptors (Lipinski definition) is 4. The van der Waals surface area contributed by atoms with Crippen LogP contribution in [-0.2, 0) is 16.0 Å². The van der Waals surface area contributed by atoms with Crippen molar-refractivity contribution in [1.82, 2.24) is 15.3 Å². The van der Waals surface area contributed by atoms with Crippen molar-refractivity contribution in [3.05, 3.63) is 54.1 Å². The highest BCUT2D eigenvalue weighted by Gasteiger charge is 2.26. The second-order valence-electron chi connectivity index (χ2n) is 7.33. The Bertz CT molecular complexity index is 981. The second-order valence-corrected chi connectivity index (χ2v) is 7.33. The zero-order valence-electron chi connectivity index (χ0n) is 17.6. The van der Waals surface area contributed by atoms with Gasteiger partial charge in [0.2, 0.25) is 17.8 Å². The first-order chi connectivity index (χ1) is 14.5. The van der Waals surface area contributed by atoms with Crippen LogP contribution in [0.15, 0.2) is 48.5 Å². The molecule has 0 unspecified atom stereocenters. The summed E-state index contributed by atoms with van der Waals surface area (Å²) in [6.45, 7) is 3.94. The molecule has 0 aliphatic carbocycles. The largest absolute Gasteiger partial charge is 0.496 e. The summed E-state index contributed by atoms with van der Waals surface area (Å²) in [5, 5.41) is 5.70. The second kappa shape index (κ2) is 9.91. The quantitative estimate of drug-likeness (QED) is 0.503. The van der Waals surface area contributed by atoms with Gasteiger partial charge in [0.05, 0.1) is 18.1 Å². The average Bonchev–Trinajstić information content (AvgIpc) is 3.17. The number of ether oxygens (including phenoxy) is 1. The van der Waals surface area contributed by atoms with Crippen LogP contribution in [0.3, 0.4) is 0 Å². The van der Waals surface area contributed by atoms with Crippen LogP contribution in [0.1, 0.15) is 32.3 Å². The molecule has 0 aliphatic rings. The summed E-state index contributed by atoms with van der Waals surface area (Å²) in [5.41, 5.74) is 2.57. The first-order valence-electron chi connectivity index (χ1n) is 10.2. The van der Waals surface area contributed by atoms with Crippen LogP contribution in [-0.4, -0.2) is 34.9 Å². The lowest BCUT2D eigenvalue weighted by atomic mass is 9.98. The summed E-state index contributed by atoms with van der Waals surface area (Å²) < 4.78 is 5.34. The highest BCUT2D eigenvalue weighted by atomic mass is 16.5. The number of amides is 2. The maximum Gasteiger partial charge on any atom is 0.249 e. The molecule has 0 bridgehead atoms. The SMILES string of the molecule is CC[C@@H](C)[C@H](NC(=O)CCc1ccccc1OC)C(=O)Nc1nc2ccccc2[nH]1. The topological polar surface area (TPSA) is 96.1 Å². The van der Waals surface area contributed by atoms with Crippen molar-refractivity contribution < 1.29 is 14.3 Å². The van der Waals surface area contributed by atoms with E-state index < -0.39 is 6.04 Å². The number of rotatable bonds is 9. The molecule has 3 rings (SSSR count). The van der Waals surface area contributed by atoms with Crippen LogP contribution in [0.2, 0.25) is 0 Å². The van der Waals surface area contributed by atoms with E-state index in [1.807, 2.05) is 62.4 Å². The normalized spacial score (nSPS) is 12.9. The van der Waals surface area contributed by atoms with E-state index in [9.17, 15) is 9.59 Å². The molecule has 1 aromatic heterocycles. The number of carbonyl (C=O) groups excluding carboxylic acids is 2. The van der Waals surface area contributed by atoms with Crippen LogP contribution in [0.5, 0.6) is 5.75 Å². The number of hydrogen-bond donors (Lipinski definition) is 3. The first kappa shape index (κ1) is 21.4. The number of para-hydroxylation sites is 3. The fourth-order valence-corrected chi connectivity index (χ4v) is 3.31. The molecule has 0 saturated heterocycles. The van der Waals surface area contributed by atoms with E-state index >= 15 is 0 Å². The molecular formula is C23H28N4O3. The smallest absolute Gasteiger partial charge is 0.249 e. The highest BCUT2D eigenvalue weighted by molar-refractivity contribution is 5.97. The third-order valence-corrected chi connectivity index (χ3v) is 5.26. The minimum Gasteiger partial charge on any atom is -0.496 e. The number of H-pyrrole nitrogens is 1. The van der Waals surface area contributed by atoms with Crippen LogP contribution in [0.4, 0.5) is 5.95 Å². The summed E-state index contributed by atoms with van der Waals surface area (Å²) in [6.07, 6.45) is 1.56. The fourth-order valence-electron chi connectivity index (χ4n) is 3.31. The van der Waals surface area contributed by atoms with Gasteiger partial charge in [0.1, 0.15) is 11.8 Å². The van der Waals surface area contributed by atoms with Crippen molar-refractivity contribution in [2.24, 2.45) is 5.92 Å². The van der Waals surface area contributed by atoms with E-state index in [0.717, 1.165) is 28.8 Å². The van der Waals surface area contributed by atoms with Crippen LogP contribution in [0.25, 0.3) is 11.0 Å². The molecule has 2 atom stereocenters. The zero-order valence-corrected chi connectivity index (χ0v) is 17.6. The van der Waals surface area contributed by atoms with Crippen molar-refractivity contribution in [2.45, 2.75) is 39.2 Å². The van der Waals surface area contributed by atoms with Crippen LogP contribution < -0.4 is 15.4 Å². The Kier molecular flexibility index (Phi) is 7.06. The first-order valence-corrected chi connectivity index (χ1v) is 10.2. The van der Waals surface area contributed by atoms with Crippen LogP contribution in [0, 0.1) is 5.92 Å². The van der Waals surface area contributed by atoms with Crippen LogP contribution >= 0.6 is 0 Å². The van der Waals surface area contributed by atoms with Crippen molar-refractivity contribution >= 4 is 28.8 Å². The van der Waals surface area contributed by atoms with Gasteiger partial charge in [-0.2, -0.15) is 0 Å². The highest BCUT2D eigenvalue weighted by Crippen LogP contribution is 2.19. The Morgan fingerprint density at radius 1 is 1.13 bits per heavy atom. The number of benzene rings is 2. The third-order valence-electron chi connectivity index (χ3n) is 5.26. The summed E-state index contributed by atoms with van der Waals surface area (Å²) in [4.78, 5) is 32.9. The number of nitrogens with one attached hydrogen (secondary N) is 3. The van der Waals surface area contributed by atoms with Gasteiger partial charge in [0.15, 0.2) is 0 Å². The van der Waals surface area contributed by atoms with E-state index in [4.69, 9.17) is 4.74 Å². The van der Waals surface area contributed by atoms with E-state index in [-0.39, 0.29) is 24.2 Å². The Labute approximate surface area is 176 Å². The molecule has 7 heteroatoms. The monoisotopic (exact) mass is 408 g/mol. The molecule has 2 aromatic carbocycles. The molecule has 30 heavy (non-hydrogen) atoms. The standard InChI is InChI=1S/C23H28N4O3/c1-4-15(2)21(22(29)27-23-24-17-10-6-7-11-18(17)25-23)26-20(28)14-13-16-9-5-8-12-19(16)30-3/h5-12,15,21H,4,13-14H2,1-3H3,(H,26,28)(H2,24,25,27,29)/t15-,21+/m1/s1. The van der Waals surface area contributed by atoms with Crippen molar-refractivity contribution in [3.63, 3.8) is 0 Å². The molecule has 0 saturated carbocycles. The van der Waals surface area contributed by atoms with Gasteiger partial charge >= 0.3 is 0 Å². The van der Waals surface area contributed by atoms with Crippen molar-refractivity contribution in [3.8, 4) is 5.75 Å². The van der Waals surface area contributed by atoms with E-state index in [1.54, 1.807) is 7.11 Å². The molecule has 3 N–H and O–H groups in total. The number of methoxy groups -OCH3 is 1. The lowest BCUT2D eigenvalue weighted by Gasteiger charge is -2.23. The van der Waals surface area contributed by atoms with Gasteiger partial charge in [-0.15, -0.1) is 0 Å². The molecule has 0 spiro atoms. The maximum absolute atomic E-state index is 12.9. The van der Waals surface area contributed by atoms with E-state index in [2.05, 4.69) is 20.6 Å². The number of aromatic nitrogens is 2. The predicted molar refractivity (Wildman–Crippen MR) is 117 cm³/mol. The van der Waals surface area contributed by atoms with Gasteiger partial charge in [0, 0.05) is 6.42 Å². The lowest BCUT2D eigenvalue weighted by Crippen LogP contribution is -2.47. The summed E-state index contributed by atoms with van der Waals surface area (Å²) in [5.74, 6) is 0.647. The van der Waals surface area contributed by atoms with Gasteiger partial charge in [-0.1, -0.05) is 50.6 Å². The predicted octanol–water partition coefficient (Wildman–Crippen LogP) is 3.67. The molecule has 3 aromatic rings. The van der Waals surface area contributed by atoms with Gasteiger partial charge in [-0.25, -0.2) is 4.98 Å². The van der Waals surface area contributed by atoms with E-state index in [1.165, 1.54) is 0 Å². The number of nitrogens with zero attached hydrogens (tertiary/aromatic N) is 1. The van der Waals surface area contributed by atoms with Gasteiger partial charge in [0.25, 0.3) is 0 Å². The molecule has 0 radical (unpaired) electrons. The lowest BCUT2D eigenvalue weighted by molar-refractivity contribution is -0.127. The van der Waals surface area contributed by atoms with Crippen molar-refractivity contribution in [2.75, 3.05) is 12.4 Å². The number of imidazole rings is 1. The Balaban J connectivity index is 1.64. The van der Waals surface area contributed by atoms with Gasteiger partial charge in [-0.3, -0.25) is 14.9 Å².